The number of rotatable bonds is 3. The van der Waals surface area contributed by atoms with Crippen molar-refractivity contribution in [2.24, 2.45) is 5.41 Å². The van der Waals surface area contributed by atoms with Crippen LogP contribution >= 0.6 is 0 Å². The van der Waals surface area contributed by atoms with Gasteiger partial charge in [0.05, 0.1) is 0 Å². The third kappa shape index (κ3) is 3.31. The van der Waals surface area contributed by atoms with Crippen molar-refractivity contribution < 1.29 is 12.8 Å². The maximum atomic E-state index is 13.2. The van der Waals surface area contributed by atoms with Crippen LogP contribution in [0, 0.1) is 11.2 Å². The molecular weight excluding hydrogens is 325 g/mol. The molecular formula is C19H18FNO2S. The largest absolute Gasteiger partial charge is 0.244 e. The molecule has 0 unspecified atom stereocenters. The molecule has 0 saturated carbocycles. The molecule has 0 fully saturated rings. The molecule has 0 radical (unpaired) electrons. The molecule has 3 rings (SSSR count). The number of hydrogen-bond acceptors (Lipinski definition) is 3. The normalized spacial score (nSPS) is 16.7. The molecule has 5 heteroatoms. The first-order chi connectivity index (χ1) is 11.2. The third-order valence-electron chi connectivity index (χ3n) is 3.91. The first-order valence-corrected chi connectivity index (χ1v) is 9.43. The average molecular weight is 343 g/mol. The Bertz CT molecular complexity index is 938. The van der Waals surface area contributed by atoms with Gasteiger partial charge >= 0.3 is 0 Å². The summed E-state index contributed by atoms with van der Waals surface area (Å²) >= 11 is 0. The Morgan fingerprint density at radius 2 is 1.46 bits per heavy atom. The fourth-order valence-electron chi connectivity index (χ4n) is 2.81. The number of benzene rings is 1. The molecule has 0 N–H and O–H groups in total. The van der Waals surface area contributed by atoms with Gasteiger partial charge in [-0.25, -0.2) is 17.8 Å². The number of hydrogen-bond donors (Lipinski definition) is 0. The second-order valence-electron chi connectivity index (χ2n) is 6.60. The minimum atomic E-state index is -3.32. The summed E-state index contributed by atoms with van der Waals surface area (Å²) in [6.07, 6.45) is 6.95. The van der Waals surface area contributed by atoms with E-state index in [1.165, 1.54) is 18.2 Å². The van der Waals surface area contributed by atoms with Crippen molar-refractivity contribution >= 4 is 21.0 Å². The molecule has 0 spiro atoms. The number of nitrogens with zero attached hydrogens (tertiary/aromatic N) is 1. The highest BCUT2D eigenvalue weighted by Crippen LogP contribution is 2.43. The summed E-state index contributed by atoms with van der Waals surface area (Å²) in [5, 5.41) is 0.0522. The monoisotopic (exact) mass is 343 g/mol. The summed E-state index contributed by atoms with van der Waals surface area (Å²) < 4.78 is 36.3. The van der Waals surface area contributed by atoms with Gasteiger partial charge in [-0.05, 0) is 41.0 Å². The predicted molar refractivity (Wildman–Crippen MR) is 93.5 cm³/mol. The molecule has 3 nitrogen and oxygen atoms in total. The van der Waals surface area contributed by atoms with Gasteiger partial charge in [0.25, 0.3) is 0 Å². The van der Waals surface area contributed by atoms with Gasteiger partial charge in [-0.1, -0.05) is 38.1 Å². The summed E-state index contributed by atoms with van der Waals surface area (Å²) in [4.78, 5) is 4.07. The lowest BCUT2D eigenvalue weighted by atomic mass is 9.95. The van der Waals surface area contributed by atoms with Crippen molar-refractivity contribution in [2.45, 2.75) is 18.9 Å². The van der Waals surface area contributed by atoms with Crippen LogP contribution in [-0.2, 0) is 9.84 Å². The number of pyridine rings is 1. The average Bonchev–Trinajstić information content (AvgIpc) is 2.83. The summed E-state index contributed by atoms with van der Waals surface area (Å²) in [5.41, 5.74) is 3.58. The lowest BCUT2D eigenvalue weighted by Crippen LogP contribution is -2.01. The minimum Gasteiger partial charge on any atom is -0.244 e. The highest BCUT2D eigenvalue weighted by Gasteiger charge is 2.25. The van der Waals surface area contributed by atoms with E-state index in [1.54, 1.807) is 24.4 Å². The smallest absolute Gasteiger partial charge is 0.192 e. The first kappa shape index (κ1) is 16.6. The SMILES string of the molecule is CC1(C)C=C(c2ccc(F)cc2)C(c2ccc(S(C)(=O)=O)nc2)=C1. The molecule has 0 saturated heterocycles. The summed E-state index contributed by atoms with van der Waals surface area (Å²) in [7, 11) is -3.32. The van der Waals surface area contributed by atoms with Gasteiger partial charge in [-0.2, -0.15) is 0 Å². The zero-order valence-corrected chi connectivity index (χ0v) is 14.6. The van der Waals surface area contributed by atoms with E-state index >= 15 is 0 Å². The second-order valence-corrected chi connectivity index (χ2v) is 8.56. The fraction of sp³-hybridized carbons (Fsp3) is 0.211. The van der Waals surface area contributed by atoms with Crippen molar-refractivity contribution in [1.82, 2.24) is 4.98 Å². The van der Waals surface area contributed by atoms with Crippen LogP contribution in [0.4, 0.5) is 4.39 Å². The van der Waals surface area contributed by atoms with Crippen molar-refractivity contribution in [1.29, 1.82) is 0 Å². The molecule has 1 heterocycles. The maximum Gasteiger partial charge on any atom is 0.192 e. The van der Waals surface area contributed by atoms with Crippen LogP contribution in [0.5, 0.6) is 0 Å². The second kappa shape index (κ2) is 5.67. The van der Waals surface area contributed by atoms with E-state index in [2.05, 4.69) is 31.0 Å². The van der Waals surface area contributed by atoms with E-state index in [0.717, 1.165) is 28.5 Å². The highest BCUT2D eigenvalue weighted by atomic mass is 32.2. The van der Waals surface area contributed by atoms with E-state index in [0.29, 0.717) is 0 Å². The van der Waals surface area contributed by atoms with Crippen LogP contribution in [0.2, 0.25) is 0 Å². The lowest BCUT2D eigenvalue weighted by Gasteiger charge is -2.10. The number of allylic oxidation sites excluding steroid dienone is 4. The zero-order valence-electron chi connectivity index (χ0n) is 13.7. The molecule has 0 atom stereocenters. The Labute approximate surface area is 141 Å². The van der Waals surface area contributed by atoms with Crippen LogP contribution in [-0.4, -0.2) is 19.7 Å². The van der Waals surface area contributed by atoms with Gasteiger partial charge in [0.1, 0.15) is 5.82 Å². The van der Waals surface area contributed by atoms with Crippen LogP contribution in [0.25, 0.3) is 11.1 Å². The van der Waals surface area contributed by atoms with Gasteiger partial charge in [0.15, 0.2) is 14.9 Å². The molecule has 124 valence electrons. The molecule has 0 amide bonds. The molecule has 1 aliphatic carbocycles. The third-order valence-corrected chi connectivity index (χ3v) is 4.91. The van der Waals surface area contributed by atoms with Gasteiger partial charge in [-0.15, -0.1) is 0 Å². The standard InChI is InChI=1S/C19H18FNO2S/c1-19(2)10-16(13-4-7-15(20)8-5-13)17(11-19)14-6-9-18(21-12-14)24(3,22)23/h4-12H,1-3H3. The Hall–Kier alpha value is -2.27. The molecule has 0 aliphatic heterocycles. The lowest BCUT2D eigenvalue weighted by molar-refractivity contribution is 0.598. The van der Waals surface area contributed by atoms with Crippen molar-refractivity contribution in [3.05, 3.63) is 71.7 Å². The van der Waals surface area contributed by atoms with Crippen molar-refractivity contribution in [3.8, 4) is 0 Å². The maximum absolute atomic E-state index is 13.2. The van der Waals surface area contributed by atoms with Crippen molar-refractivity contribution in [3.63, 3.8) is 0 Å². The fourth-order valence-corrected chi connectivity index (χ4v) is 3.37. The summed E-state index contributed by atoms with van der Waals surface area (Å²) in [6, 6.07) is 9.63. The van der Waals surface area contributed by atoms with Gasteiger partial charge < -0.3 is 0 Å². The van der Waals surface area contributed by atoms with E-state index < -0.39 is 9.84 Å². The Morgan fingerprint density at radius 3 is 1.96 bits per heavy atom. The molecule has 0 bridgehead atoms. The van der Waals surface area contributed by atoms with Crippen LogP contribution < -0.4 is 0 Å². The van der Waals surface area contributed by atoms with Crippen molar-refractivity contribution in [2.75, 3.05) is 6.26 Å². The van der Waals surface area contributed by atoms with E-state index in [9.17, 15) is 12.8 Å². The molecule has 1 aromatic heterocycles. The Kier molecular flexibility index (Phi) is 3.92. The van der Waals surface area contributed by atoms with E-state index in [4.69, 9.17) is 0 Å². The van der Waals surface area contributed by atoms with E-state index in [-0.39, 0.29) is 16.3 Å². The number of aromatic nitrogens is 1. The van der Waals surface area contributed by atoms with Gasteiger partial charge in [0, 0.05) is 23.4 Å². The number of sulfone groups is 1. The summed E-state index contributed by atoms with van der Waals surface area (Å²) in [5.74, 6) is -0.277. The van der Waals surface area contributed by atoms with Crippen LogP contribution in [0.1, 0.15) is 25.0 Å². The quantitative estimate of drug-likeness (QED) is 0.842. The number of halogens is 1. The molecule has 1 aromatic carbocycles. The summed E-state index contributed by atoms with van der Waals surface area (Å²) in [6.45, 7) is 4.17. The first-order valence-electron chi connectivity index (χ1n) is 7.54. The van der Waals surface area contributed by atoms with Gasteiger partial charge in [-0.3, -0.25) is 0 Å². The zero-order chi connectivity index (χ0) is 17.5. The Morgan fingerprint density at radius 1 is 0.917 bits per heavy atom. The van der Waals surface area contributed by atoms with E-state index in [1.807, 2.05) is 0 Å². The Balaban J connectivity index is 2.05. The van der Waals surface area contributed by atoms with Crippen LogP contribution in [0.15, 0.2) is 59.8 Å². The highest BCUT2D eigenvalue weighted by molar-refractivity contribution is 7.90. The minimum absolute atomic E-state index is 0.0522. The predicted octanol–water partition coefficient (Wildman–Crippen LogP) is 4.13. The van der Waals surface area contributed by atoms with Crippen LogP contribution in [0.3, 0.4) is 0 Å². The molecule has 1 aliphatic rings. The molecule has 2 aromatic rings. The molecule has 24 heavy (non-hydrogen) atoms. The topological polar surface area (TPSA) is 47.0 Å². The van der Waals surface area contributed by atoms with Gasteiger partial charge in [0.2, 0.25) is 0 Å².